The molecule has 2 aromatic rings. The SMILES string of the molecule is CC(=O)Nc1ccc(SCCC(Oc2ccc(Cl)cc2)C(=O)O)cc1. The average Bonchev–Trinajstić information content (AvgIpc) is 2.56. The predicted octanol–water partition coefficient (Wildman–Crippen LogP) is 4.31. The van der Waals surface area contributed by atoms with Crippen LogP contribution in [0, 0.1) is 0 Å². The number of thioether (sulfide) groups is 1. The van der Waals surface area contributed by atoms with Gasteiger partial charge in [0.1, 0.15) is 5.75 Å². The lowest BCUT2D eigenvalue weighted by Crippen LogP contribution is -2.27. The van der Waals surface area contributed by atoms with Gasteiger partial charge in [-0.25, -0.2) is 4.79 Å². The van der Waals surface area contributed by atoms with Gasteiger partial charge in [-0.1, -0.05) is 11.6 Å². The van der Waals surface area contributed by atoms with E-state index in [4.69, 9.17) is 16.3 Å². The Hall–Kier alpha value is -2.18. The van der Waals surface area contributed by atoms with Crippen LogP contribution in [-0.4, -0.2) is 28.8 Å². The Balaban J connectivity index is 1.85. The van der Waals surface area contributed by atoms with Crippen LogP contribution in [0.25, 0.3) is 0 Å². The molecule has 0 radical (unpaired) electrons. The minimum Gasteiger partial charge on any atom is -0.479 e. The molecule has 0 fully saturated rings. The summed E-state index contributed by atoms with van der Waals surface area (Å²) in [7, 11) is 0. The molecule has 7 heteroatoms. The third kappa shape index (κ3) is 6.68. The normalized spacial score (nSPS) is 11.6. The Morgan fingerprint density at radius 3 is 2.36 bits per heavy atom. The third-order valence-electron chi connectivity index (χ3n) is 3.19. The maximum absolute atomic E-state index is 11.4. The first-order valence-electron chi connectivity index (χ1n) is 7.59. The van der Waals surface area contributed by atoms with Crippen molar-refractivity contribution in [2.45, 2.75) is 24.3 Å². The van der Waals surface area contributed by atoms with Crippen molar-refractivity contribution in [2.24, 2.45) is 0 Å². The van der Waals surface area contributed by atoms with E-state index in [9.17, 15) is 14.7 Å². The van der Waals surface area contributed by atoms with Gasteiger partial charge < -0.3 is 15.2 Å². The highest BCUT2D eigenvalue weighted by atomic mass is 35.5. The molecule has 0 bridgehead atoms. The van der Waals surface area contributed by atoms with Gasteiger partial charge in [0.25, 0.3) is 0 Å². The standard InChI is InChI=1S/C18H18ClNO4S/c1-12(21)20-14-4-8-16(9-5-14)25-11-10-17(18(22)23)24-15-6-2-13(19)3-7-15/h2-9,17H,10-11H2,1H3,(H,20,21)(H,22,23). The van der Waals surface area contributed by atoms with Gasteiger partial charge in [-0.05, 0) is 48.5 Å². The quantitative estimate of drug-likeness (QED) is 0.668. The number of nitrogens with one attached hydrogen (secondary N) is 1. The van der Waals surface area contributed by atoms with Crippen LogP contribution < -0.4 is 10.1 Å². The molecule has 0 aromatic heterocycles. The summed E-state index contributed by atoms with van der Waals surface area (Å²) >= 11 is 7.33. The fourth-order valence-electron chi connectivity index (χ4n) is 2.03. The Morgan fingerprint density at radius 2 is 1.80 bits per heavy atom. The minimum absolute atomic E-state index is 0.121. The van der Waals surface area contributed by atoms with E-state index in [0.717, 1.165) is 10.6 Å². The van der Waals surface area contributed by atoms with Crippen LogP contribution in [0.15, 0.2) is 53.4 Å². The number of aliphatic carboxylic acids is 1. The van der Waals surface area contributed by atoms with E-state index in [1.807, 2.05) is 24.3 Å². The molecule has 0 saturated carbocycles. The summed E-state index contributed by atoms with van der Waals surface area (Å²) in [6.45, 7) is 1.45. The summed E-state index contributed by atoms with van der Waals surface area (Å²) in [5, 5.41) is 12.6. The van der Waals surface area contributed by atoms with Crippen molar-refractivity contribution in [3.8, 4) is 5.75 Å². The highest BCUT2D eigenvalue weighted by Gasteiger charge is 2.19. The molecule has 1 amide bonds. The van der Waals surface area contributed by atoms with Crippen LogP contribution in [0.2, 0.25) is 5.02 Å². The number of carbonyl (C=O) groups excluding carboxylic acids is 1. The molecule has 0 heterocycles. The topological polar surface area (TPSA) is 75.6 Å². The average molecular weight is 380 g/mol. The second-order valence-corrected chi connectivity index (χ2v) is 6.85. The van der Waals surface area contributed by atoms with E-state index in [-0.39, 0.29) is 5.91 Å². The number of benzene rings is 2. The Morgan fingerprint density at radius 1 is 1.16 bits per heavy atom. The summed E-state index contributed by atoms with van der Waals surface area (Å²) in [5.41, 5.74) is 0.728. The lowest BCUT2D eigenvalue weighted by molar-refractivity contribution is -0.145. The molecule has 2 aromatic carbocycles. The maximum atomic E-state index is 11.4. The molecular weight excluding hydrogens is 362 g/mol. The second-order valence-electron chi connectivity index (χ2n) is 5.24. The number of amides is 1. The maximum Gasteiger partial charge on any atom is 0.344 e. The summed E-state index contributed by atoms with van der Waals surface area (Å²) < 4.78 is 5.51. The summed E-state index contributed by atoms with van der Waals surface area (Å²) in [4.78, 5) is 23.3. The zero-order valence-corrected chi connectivity index (χ0v) is 15.1. The minimum atomic E-state index is -1.00. The number of carboxylic acids is 1. The number of rotatable bonds is 8. The predicted molar refractivity (Wildman–Crippen MR) is 99.6 cm³/mol. The first kappa shape index (κ1) is 19.1. The fourth-order valence-corrected chi connectivity index (χ4v) is 3.05. The van der Waals surface area contributed by atoms with Crippen molar-refractivity contribution in [3.05, 3.63) is 53.6 Å². The lowest BCUT2D eigenvalue weighted by Gasteiger charge is -2.15. The van der Waals surface area contributed by atoms with E-state index < -0.39 is 12.1 Å². The van der Waals surface area contributed by atoms with E-state index in [1.54, 1.807) is 24.3 Å². The van der Waals surface area contributed by atoms with E-state index in [1.165, 1.54) is 18.7 Å². The Labute approximate surface area is 155 Å². The first-order chi connectivity index (χ1) is 11.9. The molecule has 2 N–H and O–H groups in total. The van der Waals surface area contributed by atoms with Crippen LogP contribution >= 0.6 is 23.4 Å². The van der Waals surface area contributed by atoms with Crippen LogP contribution in [-0.2, 0) is 9.59 Å². The van der Waals surface area contributed by atoms with E-state index in [0.29, 0.717) is 22.9 Å². The molecule has 1 atom stereocenters. The molecule has 0 aliphatic heterocycles. The van der Waals surface area contributed by atoms with E-state index >= 15 is 0 Å². The zero-order chi connectivity index (χ0) is 18.2. The zero-order valence-electron chi connectivity index (χ0n) is 13.6. The molecule has 2 rings (SSSR count). The number of halogens is 1. The van der Waals surface area contributed by atoms with Gasteiger partial charge in [0, 0.05) is 34.7 Å². The molecule has 0 aliphatic rings. The molecule has 0 spiro atoms. The number of carbonyl (C=O) groups is 2. The number of anilines is 1. The van der Waals surface area contributed by atoms with Gasteiger partial charge in [0.05, 0.1) is 0 Å². The molecule has 132 valence electrons. The highest BCUT2D eigenvalue weighted by Crippen LogP contribution is 2.23. The second kappa shape index (κ2) is 9.34. The van der Waals surface area contributed by atoms with Gasteiger partial charge in [-0.15, -0.1) is 11.8 Å². The summed E-state index contributed by atoms with van der Waals surface area (Å²) in [6.07, 6.45) is -0.567. The van der Waals surface area contributed by atoms with Crippen molar-refractivity contribution in [1.82, 2.24) is 0 Å². The molecule has 0 saturated heterocycles. The number of hydrogen-bond donors (Lipinski definition) is 2. The first-order valence-corrected chi connectivity index (χ1v) is 8.96. The van der Waals surface area contributed by atoms with Gasteiger partial charge in [-0.2, -0.15) is 0 Å². The highest BCUT2D eigenvalue weighted by molar-refractivity contribution is 7.99. The molecular formula is C18H18ClNO4S. The lowest BCUT2D eigenvalue weighted by atomic mass is 10.2. The van der Waals surface area contributed by atoms with Gasteiger partial charge >= 0.3 is 5.97 Å². The smallest absolute Gasteiger partial charge is 0.344 e. The number of carboxylic acid groups (broad SMARTS) is 1. The molecule has 0 aliphatic carbocycles. The van der Waals surface area contributed by atoms with Crippen molar-refractivity contribution in [1.29, 1.82) is 0 Å². The van der Waals surface area contributed by atoms with Crippen molar-refractivity contribution in [3.63, 3.8) is 0 Å². The molecule has 5 nitrogen and oxygen atoms in total. The van der Waals surface area contributed by atoms with E-state index in [2.05, 4.69) is 5.32 Å². The Kier molecular flexibility index (Phi) is 7.16. The van der Waals surface area contributed by atoms with Crippen molar-refractivity contribution >= 4 is 40.9 Å². The van der Waals surface area contributed by atoms with Crippen LogP contribution in [0.1, 0.15) is 13.3 Å². The fraction of sp³-hybridized carbons (Fsp3) is 0.222. The monoisotopic (exact) mass is 379 g/mol. The van der Waals surface area contributed by atoms with Crippen LogP contribution in [0.3, 0.4) is 0 Å². The molecule has 1 unspecified atom stereocenters. The number of ether oxygens (including phenoxy) is 1. The van der Waals surface area contributed by atoms with Crippen LogP contribution in [0.4, 0.5) is 5.69 Å². The van der Waals surface area contributed by atoms with Crippen molar-refractivity contribution < 1.29 is 19.4 Å². The van der Waals surface area contributed by atoms with Gasteiger partial charge in [0.2, 0.25) is 5.91 Å². The largest absolute Gasteiger partial charge is 0.479 e. The Bertz CT molecular complexity index is 719. The number of hydrogen-bond acceptors (Lipinski definition) is 4. The van der Waals surface area contributed by atoms with Crippen LogP contribution in [0.5, 0.6) is 5.75 Å². The van der Waals surface area contributed by atoms with Gasteiger partial charge in [-0.3, -0.25) is 4.79 Å². The summed E-state index contributed by atoms with van der Waals surface area (Å²) in [6, 6.07) is 14.0. The van der Waals surface area contributed by atoms with Crippen molar-refractivity contribution in [2.75, 3.05) is 11.1 Å². The third-order valence-corrected chi connectivity index (χ3v) is 4.49. The summed E-state index contributed by atoms with van der Waals surface area (Å²) in [5.74, 6) is -0.0635. The van der Waals surface area contributed by atoms with Gasteiger partial charge in [0.15, 0.2) is 6.10 Å². The molecule has 25 heavy (non-hydrogen) atoms.